The molecule has 0 aliphatic carbocycles. The van der Waals surface area contributed by atoms with Gasteiger partial charge in [-0.2, -0.15) is 23.5 Å². The van der Waals surface area contributed by atoms with E-state index in [1.807, 2.05) is 35.7 Å². The molecule has 0 amide bonds. The van der Waals surface area contributed by atoms with Crippen LogP contribution in [0.25, 0.3) is 0 Å². The predicted molar refractivity (Wildman–Crippen MR) is 79.7 cm³/mol. The molecule has 1 aromatic carbocycles. The van der Waals surface area contributed by atoms with E-state index < -0.39 is 0 Å². The van der Waals surface area contributed by atoms with E-state index in [0.717, 1.165) is 17.1 Å². The van der Waals surface area contributed by atoms with Gasteiger partial charge in [-0.05, 0) is 17.7 Å². The number of rotatable bonds is 3. The van der Waals surface area contributed by atoms with Gasteiger partial charge in [0.15, 0.2) is 0 Å². The number of thioether (sulfide) groups is 2. The molecule has 0 aromatic heterocycles. The van der Waals surface area contributed by atoms with E-state index in [0.29, 0.717) is 21.7 Å². The summed E-state index contributed by atoms with van der Waals surface area (Å²) in [7, 11) is 0. The average Bonchev–Trinajstić information content (AvgIpc) is 2.34. The highest BCUT2D eigenvalue weighted by Gasteiger charge is 2.23. The maximum atomic E-state index is 10.2. The Kier molecular flexibility index (Phi) is 5.37. The van der Waals surface area contributed by atoms with Gasteiger partial charge in [-0.3, -0.25) is 0 Å². The van der Waals surface area contributed by atoms with Gasteiger partial charge in [0.05, 0.1) is 6.10 Å². The van der Waals surface area contributed by atoms with Crippen molar-refractivity contribution in [3.05, 3.63) is 33.8 Å². The van der Waals surface area contributed by atoms with Crippen molar-refractivity contribution in [1.82, 2.24) is 0 Å². The van der Waals surface area contributed by atoms with Crippen LogP contribution in [0.4, 0.5) is 0 Å². The average molecular weight is 309 g/mol. The molecule has 1 fully saturated rings. The zero-order valence-electron chi connectivity index (χ0n) is 9.23. The SMILES string of the molecule is OC(Cc1ccc(Cl)cc1Cl)C1CSCCS1. The van der Waals surface area contributed by atoms with Crippen molar-refractivity contribution >= 4 is 46.7 Å². The summed E-state index contributed by atoms with van der Waals surface area (Å²) in [5, 5.41) is 11.8. The Morgan fingerprint density at radius 2 is 2.18 bits per heavy atom. The van der Waals surface area contributed by atoms with Crippen LogP contribution in [0, 0.1) is 0 Å². The highest BCUT2D eigenvalue weighted by molar-refractivity contribution is 8.06. The minimum atomic E-state index is -0.327. The van der Waals surface area contributed by atoms with Crippen molar-refractivity contribution in [2.24, 2.45) is 0 Å². The molecule has 1 aliphatic heterocycles. The molecule has 0 saturated carbocycles. The Morgan fingerprint density at radius 3 is 2.82 bits per heavy atom. The normalized spacial score (nSPS) is 22.4. The first kappa shape index (κ1) is 13.9. The van der Waals surface area contributed by atoms with E-state index in [1.54, 1.807) is 6.07 Å². The largest absolute Gasteiger partial charge is 0.392 e. The van der Waals surface area contributed by atoms with Crippen LogP contribution in [0.5, 0.6) is 0 Å². The summed E-state index contributed by atoms with van der Waals surface area (Å²) in [6.07, 6.45) is 0.278. The summed E-state index contributed by atoms with van der Waals surface area (Å²) in [6.45, 7) is 0. The van der Waals surface area contributed by atoms with Gasteiger partial charge >= 0.3 is 0 Å². The first-order valence-electron chi connectivity index (χ1n) is 5.48. The van der Waals surface area contributed by atoms with Crippen LogP contribution < -0.4 is 0 Å². The Bertz CT molecular complexity index is 381. The van der Waals surface area contributed by atoms with Gasteiger partial charge in [0.1, 0.15) is 0 Å². The van der Waals surface area contributed by atoms with E-state index in [2.05, 4.69) is 0 Å². The fourth-order valence-corrected chi connectivity index (χ4v) is 5.03. The highest BCUT2D eigenvalue weighted by Crippen LogP contribution is 2.29. The number of aliphatic hydroxyl groups excluding tert-OH is 1. The number of benzene rings is 1. The quantitative estimate of drug-likeness (QED) is 0.918. The molecule has 1 N–H and O–H groups in total. The molecular formula is C12H14Cl2OS2. The second kappa shape index (κ2) is 6.58. The lowest BCUT2D eigenvalue weighted by molar-refractivity contribution is 0.177. The van der Waals surface area contributed by atoms with E-state index in [9.17, 15) is 5.11 Å². The number of halogens is 2. The maximum absolute atomic E-state index is 10.2. The minimum Gasteiger partial charge on any atom is -0.392 e. The Morgan fingerprint density at radius 1 is 1.35 bits per heavy atom. The molecule has 1 aliphatic rings. The molecule has 1 aromatic rings. The van der Waals surface area contributed by atoms with E-state index >= 15 is 0 Å². The van der Waals surface area contributed by atoms with Crippen molar-refractivity contribution in [3.63, 3.8) is 0 Å². The molecular weight excluding hydrogens is 295 g/mol. The lowest BCUT2D eigenvalue weighted by atomic mass is 10.1. The first-order valence-corrected chi connectivity index (χ1v) is 8.44. The van der Waals surface area contributed by atoms with E-state index in [1.165, 1.54) is 5.75 Å². The Labute approximate surface area is 120 Å². The molecule has 1 saturated heterocycles. The second-order valence-electron chi connectivity index (χ2n) is 3.99. The minimum absolute atomic E-state index is 0.320. The van der Waals surface area contributed by atoms with Gasteiger partial charge in [-0.25, -0.2) is 0 Å². The van der Waals surface area contributed by atoms with Crippen LogP contribution in [0.2, 0.25) is 10.0 Å². The van der Waals surface area contributed by atoms with Gasteiger partial charge in [-0.1, -0.05) is 29.3 Å². The molecule has 2 atom stereocenters. The molecule has 5 heteroatoms. The Balaban J connectivity index is 1.99. The summed E-state index contributed by atoms with van der Waals surface area (Å²) in [4.78, 5) is 0. The van der Waals surface area contributed by atoms with Crippen LogP contribution in [-0.2, 0) is 6.42 Å². The van der Waals surface area contributed by atoms with Gasteiger partial charge in [0.2, 0.25) is 0 Å². The fourth-order valence-electron chi connectivity index (χ4n) is 1.77. The zero-order valence-corrected chi connectivity index (χ0v) is 12.4. The molecule has 0 spiro atoms. The third-order valence-electron chi connectivity index (χ3n) is 2.72. The fraction of sp³-hybridized carbons (Fsp3) is 0.500. The molecule has 2 rings (SSSR count). The molecule has 1 heterocycles. The number of hydrogen-bond donors (Lipinski definition) is 1. The van der Waals surface area contributed by atoms with Crippen LogP contribution in [0.15, 0.2) is 18.2 Å². The number of aliphatic hydroxyl groups is 1. The van der Waals surface area contributed by atoms with Gasteiger partial charge in [0, 0.05) is 39.0 Å². The van der Waals surface area contributed by atoms with E-state index in [4.69, 9.17) is 23.2 Å². The zero-order chi connectivity index (χ0) is 12.3. The lowest BCUT2D eigenvalue weighted by Gasteiger charge is -2.26. The Hall–Kier alpha value is 0.460. The predicted octanol–water partition coefficient (Wildman–Crippen LogP) is 3.75. The van der Waals surface area contributed by atoms with Crippen LogP contribution in [-0.4, -0.2) is 33.7 Å². The summed E-state index contributed by atoms with van der Waals surface area (Å²) in [6, 6.07) is 5.45. The molecule has 2 unspecified atom stereocenters. The topological polar surface area (TPSA) is 20.2 Å². The van der Waals surface area contributed by atoms with Crippen molar-refractivity contribution in [2.75, 3.05) is 17.3 Å². The van der Waals surface area contributed by atoms with Gasteiger partial charge in [0.25, 0.3) is 0 Å². The molecule has 0 bridgehead atoms. The molecule has 17 heavy (non-hydrogen) atoms. The maximum Gasteiger partial charge on any atom is 0.0707 e. The molecule has 0 radical (unpaired) electrons. The molecule has 1 nitrogen and oxygen atoms in total. The van der Waals surface area contributed by atoms with Crippen molar-refractivity contribution in [2.45, 2.75) is 17.8 Å². The lowest BCUT2D eigenvalue weighted by Crippen LogP contribution is -2.30. The third-order valence-corrected chi connectivity index (χ3v) is 6.21. The first-order chi connectivity index (χ1) is 8.16. The van der Waals surface area contributed by atoms with Gasteiger partial charge < -0.3 is 5.11 Å². The van der Waals surface area contributed by atoms with Crippen LogP contribution >= 0.6 is 46.7 Å². The van der Waals surface area contributed by atoms with Gasteiger partial charge in [-0.15, -0.1) is 0 Å². The smallest absolute Gasteiger partial charge is 0.0707 e. The highest BCUT2D eigenvalue weighted by atomic mass is 35.5. The van der Waals surface area contributed by atoms with Crippen LogP contribution in [0.3, 0.4) is 0 Å². The third kappa shape index (κ3) is 3.97. The summed E-state index contributed by atoms with van der Waals surface area (Å²) in [5.74, 6) is 3.34. The monoisotopic (exact) mass is 308 g/mol. The van der Waals surface area contributed by atoms with Crippen molar-refractivity contribution < 1.29 is 5.11 Å². The summed E-state index contributed by atoms with van der Waals surface area (Å²) in [5.41, 5.74) is 0.972. The standard InChI is InChI=1S/C12H14Cl2OS2/c13-9-2-1-8(10(14)6-9)5-11(15)12-7-16-3-4-17-12/h1-2,6,11-12,15H,3-5,7H2. The van der Waals surface area contributed by atoms with E-state index in [-0.39, 0.29) is 6.10 Å². The van der Waals surface area contributed by atoms with Crippen LogP contribution in [0.1, 0.15) is 5.56 Å². The second-order valence-corrected chi connectivity index (χ2v) is 7.33. The molecule has 94 valence electrons. The van der Waals surface area contributed by atoms with Crippen molar-refractivity contribution in [3.8, 4) is 0 Å². The summed E-state index contributed by atoms with van der Waals surface area (Å²) < 4.78 is 0. The summed E-state index contributed by atoms with van der Waals surface area (Å²) >= 11 is 15.7. The van der Waals surface area contributed by atoms with Crippen molar-refractivity contribution in [1.29, 1.82) is 0 Å². The number of hydrogen-bond acceptors (Lipinski definition) is 3.